The number of aliphatic carboxylic acids is 1. The Morgan fingerprint density at radius 2 is 1.66 bits per heavy atom. The summed E-state index contributed by atoms with van der Waals surface area (Å²) in [5.41, 5.74) is 7.13. The molecule has 0 fully saturated rings. The summed E-state index contributed by atoms with van der Waals surface area (Å²) < 4.78 is 6.51. The lowest BCUT2D eigenvalue weighted by Gasteiger charge is -2.10. The fourth-order valence-corrected chi connectivity index (χ4v) is 2.95. The van der Waals surface area contributed by atoms with Gasteiger partial charge in [0.1, 0.15) is 11.4 Å². The minimum atomic E-state index is -1.24. The van der Waals surface area contributed by atoms with Crippen molar-refractivity contribution in [2.24, 2.45) is 0 Å². The number of carboxylic acids is 1. The van der Waals surface area contributed by atoms with Crippen LogP contribution < -0.4 is 15.8 Å². The number of nitrogen functional groups attached to an aromatic ring is 1. The van der Waals surface area contributed by atoms with Crippen molar-refractivity contribution < 1.29 is 19.4 Å². The van der Waals surface area contributed by atoms with E-state index in [0.717, 1.165) is 4.47 Å². The van der Waals surface area contributed by atoms with Gasteiger partial charge in [-0.1, -0.05) is 36.4 Å². The van der Waals surface area contributed by atoms with Crippen molar-refractivity contribution in [1.82, 2.24) is 5.32 Å². The Morgan fingerprint density at radius 3 is 2.28 bits per heavy atom. The van der Waals surface area contributed by atoms with Gasteiger partial charge in [0.05, 0.1) is 10.2 Å². The minimum absolute atomic E-state index is 0.234. The first-order valence-electron chi connectivity index (χ1n) is 8.57. The quantitative estimate of drug-likeness (QED) is 0.372. The van der Waals surface area contributed by atoms with Crippen LogP contribution in [0.25, 0.3) is 6.08 Å². The number of hydrogen-bond acceptors (Lipinski definition) is 4. The van der Waals surface area contributed by atoms with E-state index < -0.39 is 11.9 Å². The fourth-order valence-electron chi connectivity index (χ4n) is 2.49. The molecule has 0 aromatic heterocycles. The number of rotatable bonds is 6. The SMILES string of the molecule is Nc1cccc(Br)c1Oc1ccc(C=C(NC(=O)c2ccccc2)C(=O)O)cc1. The van der Waals surface area contributed by atoms with Gasteiger partial charge in [0.15, 0.2) is 5.75 Å². The smallest absolute Gasteiger partial charge is 0.352 e. The van der Waals surface area contributed by atoms with Gasteiger partial charge in [-0.05, 0) is 64.0 Å². The zero-order valence-corrected chi connectivity index (χ0v) is 16.7. The molecule has 0 aliphatic carbocycles. The van der Waals surface area contributed by atoms with Gasteiger partial charge in [0.25, 0.3) is 5.91 Å². The van der Waals surface area contributed by atoms with Crippen LogP contribution in [-0.4, -0.2) is 17.0 Å². The monoisotopic (exact) mass is 452 g/mol. The van der Waals surface area contributed by atoms with Crippen molar-refractivity contribution >= 4 is 39.6 Å². The van der Waals surface area contributed by atoms with Crippen molar-refractivity contribution in [3.05, 3.63) is 94.1 Å². The molecule has 3 aromatic rings. The van der Waals surface area contributed by atoms with Gasteiger partial charge in [-0.15, -0.1) is 0 Å². The number of hydrogen-bond donors (Lipinski definition) is 3. The Morgan fingerprint density at radius 1 is 0.966 bits per heavy atom. The van der Waals surface area contributed by atoms with Gasteiger partial charge >= 0.3 is 5.97 Å². The molecule has 1 amide bonds. The number of halogens is 1. The third-order valence-corrected chi connectivity index (χ3v) is 4.55. The van der Waals surface area contributed by atoms with Gasteiger partial charge in [0, 0.05) is 5.56 Å². The Hall–Kier alpha value is -3.58. The second-order valence-electron chi connectivity index (χ2n) is 6.01. The summed E-state index contributed by atoms with van der Waals surface area (Å²) in [5, 5.41) is 11.8. The predicted octanol–water partition coefficient (Wildman–Crippen LogP) is 4.68. The van der Waals surface area contributed by atoms with Crippen LogP contribution in [0.3, 0.4) is 0 Å². The molecule has 0 aliphatic rings. The summed E-state index contributed by atoms with van der Waals surface area (Å²) in [6.45, 7) is 0. The van der Waals surface area contributed by atoms with Gasteiger partial charge in [0.2, 0.25) is 0 Å². The number of nitrogens with two attached hydrogens (primary N) is 1. The summed E-state index contributed by atoms with van der Waals surface area (Å²) in [6.07, 6.45) is 1.37. The number of carbonyl (C=O) groups is 2. The number of amides is 1. The Kier molecular flexibility index (Phi) is 6.31. The maximum atomic E-state index is 12.2. The van der Waals surface area contributed by atoms with Crippen LogP contribution in [0.5, 0.6) is 11.5 Å². The van der Waals surface area contributed by atoms with Crippen molar-refractivity contribution in [2.75, 3.05) is 5.73 Å². The number of anilines is 1. The lowest BCUT2D eigenvalue weighted by molar-refractivity contribution is -0.132. The van der Waals surface area contributed by atoms with Crippen molar-refractivity contribution in [3.8, 4) is 11.5 Å². The highest BCUT2D eigenvalue weighted by molar-refractivity contribution is 9.10. The van der Waals surface area contributed by atoms with Gasteiger partial charge in [-0.2, -0.15) is 0 Å². The summed E-state index contributed by atoms with van der Waals surface area (Å²) in [6, 6.07) is 20.5. The molecule has 0 bridgehead atoms. The Labute approximate surface area is 175 Å². The van der Waals surface area contributed by atoms with Crippen LogP contribution >= 0.6 is 15.9 Å². The van der Waals surface area contributed by atoms with Crippen molar-refractivity contribution in [3.63, 3.8) is 0 Å². The Balaban J connectivity index is 1.77. The molecule has 0 aliphatic heterocycles. The highest BCUT2D eigenvalue weighted by atomic mass is 79.9. The minimum Gasteiger partial charge on any atom is -0.477 e. The summed E-state index contributed by atoms with van der Waals surface area (Å²) in [4.78, 5) is 23.7. The number of ether oxygens (including phenoxy) is 1. The molecule has 3 aromatic carbocycles. The Bertz CT molecular complexity index is 1040. The molecule has 146 valence electrons. The van der Waals surface area contributed by atoms with E-state index in [4.69, 9.17) is 10.5 Å². The van der Waals surface area contributed by atoms with Crippen LogP contribution in [0.1, 0.15) is 15.9 Å². The number of carboxylic acid groups (broad SMARTS) is 1. The molecule has 0 radical (unpaired) electrons. The molecule has 7 heteroatoms. The van der Waals surface area contributed by atoms with E-state index in [0.29, 0.717) is 28.3 Å². The van der Waals surface area contributed by atoms with Gasteiger partial charge in [-0.3, -0.25) is 4.79 Å². The third-order valence-electron chi connectivity index (χ3n) is 3.92. The summed E-state index contributed by atoms with van der Waals surface area (Å²) in [7, 11) is 0. The van der Waals surface area contributed by atoms with E-state index in [2.05, 4.69) is 21.2 Å². The average Bonchev–Trinajstić information content (AvgIpc) is 2.72. The molecule has 0 heterocycles. The number of nitrogens with one attached hydrogen (secondary N) is 1. The van der Waals surface area contributed by atoms with Crippen LogP contribution in [0.2, 0.25) is 0 Å². The van der Waals surface area contributed by atoms with Gasteiger partial charge < -0.3 is 20.9 Å². The second-order valence-corrected chi connectivity index (χ2v) is 6.87. The average molecular weight is 453 g/mol. The largest absolute Gasteiger partial charge is 0.477 e. The molecule has 3 rings (SSSR count). The zero-order chi connectivity index (χ0) is 20.8. The molecule has 0 atom stereocenters. The molecule has 4 N–H and O–H groups in total. The lowest BCUT2D eigenvalue weighted by atomic mass is 10.1. The maximum Gasteiger partial charge on any atom is 0.352 e. The molecule has 0 saturated heterocycles. The lowest BCUT2D eigenvalue weighted by Crippen LogP contribution is -2.27. The number of benzene rings is 3. The predicted molar refractivity (Wildman–Crippen MR) is 115 cm³/mol. The highest BCUT2D eigenvalue weighted by Crippen LogP contribution is 2.34. The topological polar surface area (TPSA) is 102 Å². The number of carbonyl (C=O) groups excluding carboxylic acids is 1. The first kappa shape index (κ1) is 20.2. The molecule has 0 spiro atoms. The van der Waals surface area contributed by atoms with Crippen LogP contribution in [0.4, 0.5) is 5.69 Å². The zero-order valence-electron chi connectivity index (χ0n) is 15.1. The number of para-hydroxylation sites is 1. The molecule has 0 saturated carbocycles. The molecule has 0 unspecified atom stereocenters. The fraction of sp³-hybridized carbons (Fsp3) is 0. The molecular formula is C22H17BrN2O4. The van der Waals surface area contributed by atoms with Crippen molar-refractivity contribution in [1.29, 1.82) is 0 Å². The van der Waals surface area contributed by atoms with E-state index in [-0.39, 0.29) is 5.70 Å². The van der Waals surface area contributed by atoms with E-state index >= 15 is 0 Å². The molecular weight excluding hydrogens is 436 g/mol. The van der Waals surface area contributed by atoms with E-state index in [9.17, 15) is 14.7 Å². The first-order chi connectivity index (χ1) is 13.9. The highest BCUT2D eigenvalue weighted by Gasteiger charge is 2.13. The normalized spacial score (nSPS) is 11.0. The van der Waals surface area contributed by atoms with Crippen LogP contribution in [0, 0.1) is 0 Å². The van der Waals surface area contributed by atoms with Gasteiger partial charge in [-0.25, -0.2) is 4.79 Å². The van der Waals surface area contributed by atoms with E-state index in [1.165, 1.54) is 6.08 Å². The maximum absolute atomic E-state index is 12.2. The summed E-state index contributed by atoms with van der Waals surface area (Å²) in [5.74, 6) is -0.706. The van der Waals surface area contributed by atoms with E-state index in [1.807, 2.05) is 6.07 Å². The molecule has 29 heavy (non-hydrogen) atoms. The third kappa shape index (κ3) is 5.24. The molecule has 6 nitrogen and oxygen atoms in total. The second kappa shape index (κ2) is 9.07. The van der Waals surface area contributed by atoms with Crippen LogP contribution in [0.15, 0.2) is 83.0 Å². The van der Waals surface area contributed by atoms with Crippen LogP contribution in [-0.2, 0) is 4.79 Å². The first-order valence-corrected chi connectivity index (χ1v) is 9.36. The van der Waals surface area contributed by atoms with Crippen molar-refractivity contribution in [2.45, 2.75) is 0 Å². The van der Waals surface area contributed by atoms with E-state index in [1.54, 1.807) is 66.7 Å². The standard InChI is InChI=1S/C22H17BrN2O4/c23-17-7-4-8-18(24)20(17)29-16-11-9-14(10-12-16)13-19(22(27)28)25-21(26)15-5-2-1-3-6-15/h1-13H,24H2,(H,25,26)(H,27,28). The summed E-state index contributed by atoms with van der Waals surface area (Å²) >= 11 is 3.39.